The normalized spacial score (nSPS) is 20.5. The van der Waals surface area contributed by atoms with E-state index in [1.54, 1.807) is 12.4 Å². The minimum Gasteiger partial charge on any atom is -0.348 e. The Morgan fingerprint density at radius 1 is 1.20 bits per heavy atom. The Morgan fingerprint density at radius 3 is 2.70 bits per heavy atom. The number of benzene rings is 1. The van der Waals surface area contributed by atoms with E-state index in [2.05, 4.69) is 32.3 Å². The molecular weight excluding hydrogens is 378 g/mol. The molecule has 1 saturated heterocycles. The van der Waals surface area contributed by atoms with E-state index in [0.717, 1.165) is 32.4 Å². The summed E-state index contributed by atoms with van der Waals surface area (Å²) in [7, 11) is 0. The van der Waals surface area contributed by atoms with Gasteiger partial charge in [-0.2, -0.15) is 4.98 Å². The third-order valence-electron chi connectivity index (χ3n) is 6.11. The maximum absolute atomic E-state index is 13.1. The van der Waals surface area contributed by atoms with Gasteiger partial charge in [0.05, 0.1) is 5.39 Å². The predicted molar refractivity (Wildman–Crippen MR) is 116 cm³/mol. The SMILES string of the molecule is CCn1cc(C(=O)NC2CC2c2ccccc2)c(=O)c2cnc(N3CCCC3)nc21. The van der Waals surface area contributed by atoms with E-state index in [9.17, 15) is 9.59 Å². The average Bonchev–Trinajstić information content (AvgIpc) is 3.32. The fourth-order valence-electron chi connectivity index (χ4n) is 4.31. The van der Waals surface area contributed by atoms with Crippen molar-refractivity contribution in [1.82, 2.24) is 19.9 Å². The third kappa shape index (κ3) is 3.34. The number of pyridine rings is 1. The summed E-state index contributed by atoms with van der Waals surface area (Å²) in [6.07, 6.45) is 6.37. The molecule has 0 radical (unpaired) electrons. The van der Waals surface area contributed by atoms with Gasteiger partial charge >= 0.3 is 0 Å². The van der Waals surface area contributed by atoms with E-state index in [4.69, 9.17) is 0 Å². The molecule has 7 heteroatoms. The van der Waals surface area contributed by atoms with Crippen molar-refractivity contribution in [3.8, 4) is 0 Å². The highest BCUT2D eigenvalue weighted by atomic mass is 16.2. The summed E-state index contributed by atoms with van der Waals surface area (Å²) in [5.74, 6) is 0.647. The van der Waals surface area contributed by atoms with Crippen LogP contribution in [0.1, 0.15) is 48.0 Å². The maximum atomic E-state index is 13.1. The number of hydrogen-bond acceptors (Lipinski definition) is 5. The molecule has 0 bridgehead atoms. The highest BCUT2D eigenvalue weighted by molar-refractivity contribution is 5.97. The van der Waals surface area contributed by atoms with Gasteiger partial charge in [0, 0.05) is 44.0 Å². The lowest BCUT2D eigenvalue weighted by molar-refractivity contribution is 0.0948. The molecule has 2 aliphatic rings. The van der Waals surface area contributed by atoms with Crippen LogP contribution in [0.15, 0.2) is 47.5 Å². The summed E-state index contributed by atoms with van der Waals surface area (Å²) in [6, 6.07) is 10.2. The van der Waals surface area contributed by atoms with Crippen molar-refractivity contribution >= 4 is 22.9 Å². The van der Waals surface area contributed by atoms with Gasteiger partial charge in [0.1, 0.15) is 11.2 Å². The molecule has 154 valence electrons. The second-order valence-electron chi connectivity index (χ2n) is 8.09. The molecule has 0 spiro atoms. The van der Waals surface area contributed by atoms with Crippen molar-refractivity contribution < 1.29 is 4.79 Å². The molecule has 1 amide bonds. The first-order chi connectivity index (χ1) is 14.7. The van der Waals surface area contributed by atoms with Crippen molar-refractivity contribution in [2.24, 2.45) is 0 Å². The van der Waals surface area contributed by atoms with Crippen molar-refractivity contribution in [3.05, 3.63) is 64.1 Å². The van der Waals surface area contributed by atoms with E-state index in [0.29, 0.717) is 29.4 Å². The summed E-state index contributed by atoms with van der Waals surface area (Å²) < 4.78 is 1.87. The molecular formula is C23H25N5O2. The van der Waals surface area contributed by atoms with E-state index >= 15 is 0 Å². The average molecular weight is 403 g/mol. The van der Waals surface area contributed by atoms with Gasteiger partial charge in [-0.1, -0.05) is 30.3 Å². The van der Waals surface area contributed by atoms with E-state index < -0.39 is 0 Å². The summed E-state index contributed by atoms with van der Waals surface area (Å²) in [5, 5.41) is 3.42. The number of fused-ring (bicyclic) bond motifs is 1. The minimum atomic E-state index is -0.323. The van der Waals surface area contributed by atoms with E-state index in [1.165, 1.54) is 5.56 Å². The molecule has 1 aromatic carbocycles. The number of nitrogens with zero attached hydrogens (tertiary/aromatic N) is 4. The molecule has 2 fully saturated rings. The van der Waals surface area contributed by atoms with Gasteiger partial charge in [-0.15, -0.1) is 0 Å². The quantitative estimate of drug-likeness (QED) is 0.709. The number of hydrogen-bond donors (Lipinski definition) is 1. The van der Waals surface area contributed by atoms with Crippen LogP contribution in [0.3, 0.4) is 0 Å². The first kappa shape index (κ1) is 18.8. The maximum Gasteiger partial charge on any atom is 0.257 e. The number of rotatable bonds is 5. The minimum absolute atomic E-state index is 0.0684. The van der Waals surface area contributed by atoms with Crippen molar-refractivity contribution in [2.45, 2.75) is 44.7 Å². The molecule has 1 N–H and O–H groups in total. The first-order valence-corrected chi connectivity index (χ1v) is 10.7. The van der Waals surface area contributed by atoms with Gasteiger partial charge in [0.2, 0.25) is 11.4 Å². The van der Waals surface area contributed by atoms with Crippen LogP contribution in [0.4, 0.5) is 5.95 Å². The Morgan fingerprint density at radius 2 is 1.97 bits per heavy atom. The molecule has 3 aromatic rings. The lowest BCUT2D eigenvalue weighted by Gasteiger charge is -2.17. The first-order valence-electron chi connectivity index (χ1n) is 10.7. The molecule has 3 heterocycles. The number of carbonyl (C=O) groups is 1. The lowest BCUT2D eigenvalue weighted by Crippen LogP contribution is -2.32. The molecule has 5 rings (SSSR count). The van der Waals surface area contributed by atoms with Gasteiger partial charge in [-0.3, -0.25) is 9.59 Å². The van der Waals surface area contributed by atoms with Crippen LogP contribution in [0, 0.1) is 0 Å². The smallest absolute Gasteiger partial charge is 0.257 e. The largest absolute Gasteiger partial charge is 0.348 e. The molecule has 2 aromatic heterocycles. The lowest BCUT2D eigenvalue weighted by atomic mass is 10.1. The topological polar surface area (TPSA) is 80.1 Å². The number of amides is 1. The second kappa shape index (κ2) is 7.55. The predicted octanol–water partition coefficient (Wildman–Crippen LogP) is 2.70. The number of aryl methyl sites for hydroxylation is 1. The highest BCUT2D eigenvalue weighted by Gasteiger charge is 2.39. The van der Waals surface area contributed by atoms with Crippen LogP contribution in [0.25, 0.3) is 11.0 Å². The van der Waals surface area contributed by atoms with Crippen LogP contribution in [-0.4, -0.2) is 39.6 Å². The Kier molecular flexibility index (Phi) is 4.73. The molecule has 2 atom stereocenters. The number of anilines is 1. The van der Waals surface area contributed by atoms with Gasteiger partial charge < -0.3 is 14.8 Å². The number of carbonyl (C=O) groups excluding carboxylic acids is 1. The Balaban J connectivity index is 1.43. The fourth-order valence-corrected chi connectivity index (χ4v) is 4.31. The zero-order valence-corrected chi connectivity index (χ0v) is 17.0. The van der Waals surface area contributed by atoms with Gasteiger partial charge in [0.15, 0.2) is 0 Å². The molecule has 30 heavy (non-hydrogen) atoms. The van der Waals surface area contributed by atoms with Crippen LogP contribution >= 0.6 is 0 Å². The Bertz CT molecular complexity index is 1150. The van der Waals surface area contributed by atoms with Crippen molar-refractivity contribution in [1.29, 1.82) is 0 Å². The third-order valence-corrected chi connectivity index (χ3v) is 6.11. The summed E-state index contributed by atoms with van der Waals surface area (Å²) in [5.41, 5.74) is 1.65. The highest BCUT2D eigenvalue weighted by Crippen LogP contribution is 2.40. The monoisotopic (exact) mass is 403 g/mol. The summed E-state index contributed by atoms with van der Waals surface area (Å²) in [6.45, 7) is 4.47. The van der Waals surface area contributed by atoms with Crippen LogP contribution in [-0.2, 0) is 6.54 Å². The number of nitrogens with one attached hydrogen (secondary N) is 1. The fraction of sp³-hybridized carbons (Fsp3) is 0.391. The number of aromatic nitrogens is 3. The molecule has 1 aliphatic carbocycles. The van der Waals surface area contributed by atoms with Crippen LogP contribution in [0.5, 0.6) is 0 Å². The zero-order chi connectivity index (χ0) is 20.7. The van der Waals surface area contributed by atoms with Crippen molar-refractivity contribution in [3.63, 3.8) is 0 Å². The van der Waals surface area contributed by atoms with Crippen LogP contribution in [0.2, 0.25) is 0 Å². The van der Waals surface area contributed by atoms with E-state index in [1.807, 2.05) is 29.7 Å². The van der Waals surface area contributed by atoms with Gasteiger partial charge in [-0.25, -0.2) is 4.98 Å². The zero-order valence-electron chi connectivity index (χ0n) is 17.0. The van der Waals surface area contributed by atoms with Gasteiger partial charge in [0.25, 0.3) is 5.91 Å². The molecule has 1 aliphatic heterocycles. The van der Waals surface area contributed by atoms with E-state index in [-0.39, 0.29) is 22.9 Å². The summed E-state index contributed by atoms with van der Waals surface area (Å²) >= 11 is 0. The summed E-state index contributed by atoms with van der Waals surface area (Å²) in [4.78, 5) is 37.2. The molecule has 7 nitrogen and oxygen atoms in total. The Labute approximate surface area is 174 Å². The molecule has 1 saturated carbocycles. The standard InChI is InChI=1S/C23H25N5O2/c1-2-27-14-18(22(30)25-19-12-16(19)15-8-4-3-5-9-15)20(29)17-13-24-23(26-21(17)27)28-10-6-7-11-28/h3-5,8-9,13-14,16,19H,2,6-7,10-12H2,1H3,(H,25,30). The van der Waals surface area contributed by atoms with Crippen molar-refractivity contribution in [2.75, 3.05) is 18.0 Å². The van der Waals surface area contributed by atoms with Gasteiger partial charge in [-0.05, 0) is 31.7 Å². The molecule has 2 unspecified atom stereocenters. The Hall–Kier alpha value is -3.22. The van der Waals surface area contributed by atoms with Crippen LogP contribution < -0.4 is 15.6 Å². The second-order valence-corrected chi connectivity index (χ2v) is 8.09.